The van der Waals surface area contributed by atoms with E-state index in [0.717, 1.165) is 13.2 Å². The summed E-state index contributed by atoms with van der Waals surface area (Å²) >= 11 is 0. The number of ether oxygens (including phenoxy) is 2. The molecule has 118 valence electrons. The van der Waals surface area contributed by atoms with E-state index in [9.17, 15) is 9.59 Å². The molecule has 1 saturated heterocycles. The molecule has 1 rings (SSSR count). The molecule has 1 aliphatic rings. The Morgan fingerprint density at radius 2 is 1.70 bits per heavy atom. The molecule has 1 unspecified atom stereocenters. The molecule has 0 aromatic carbocycles. The van der Waals surface area contributed by atoms with Gasteiger partial charge in [0.15, 0.2) is 0 Å². The summed E-state index contributed by atoms with van der Waals surface area (Å²) in [5.41, 5.74) is -0.621. The molecule has 0 aromatic heterocycles. The summed E-state index contributed by atoms with van der Waals surface area (Å²) in [6.07, 6.45) is 1.85. The molecule has 2 N–H and O–H groups in total. The van der Waals surface area contributed by atoms with E-state index in [0.29, 0.717) is 0 Å². The molecule has 1 amide bonds. The average Bonchev–Trinajstić information content (AvgIpc) is 2.80. The van der Waals surface area contributed by atoms with Crippen LogP contribution in [0.25, 0.3) is 0 Å². The molecule has 1 aliphatic heterocycles. The third kappa shape index (κ3) is 9.61. The second-order valence-electron chi connectivity index (χ2n) is 6.03. The van der Waals surface area contributed by atoms with Gasteiger partial charge in [-0.3, -0.25) is 0 Å². The van der Waals surface area contributed by atoms with Gasteiger partial charge in [-0.1, -0.05) is 13.8 Å². The Balaban J connectivity index is 0.000000595. The summed E-state index contributed by atoms with van der Waals surface area (Å²) in [7, 11) is 0. The number of aliphatic carboxylic acids is 1. The van der Waals surface area contributed by atoms with E-state index in [1.807, 2.05) is 0 Å². The molecule has 0 saturated carbocycles. The molecule has 0 aliphatic carbocycles. The predicted octanol–water partition coefficient (Wildman–Crippen LogP) is 2.42. The van der Waals surface area contributed by atoms with Crippen LogP contribution in [0, 0.1) is 5.92 Å². The predicted molar refractivity (Wildman–Crippen MR) is 75.7 cm³/mol. The zero-order chi connectivity index (χ0) is 15.8. The monoisotopic (exact) mass is 289 g/mol. The van der Waals surface area contributed by atoms with Crippen molar-refractivity contribution in [2.24, 2.45) is 5.92 Å². The maximum absolute atomic E-state index is 11.3. The van der Waals surface area contributed by atoms with Gasteiger partial charge in [-0.25, -0.2) is 9.59 Å². The highest BCUT2D eigenvalue weighted by molar-refractivity contribution is 5.80. The Morgan fingerprint density at radius 3 is 1.95 bits per heavy atom. The van der Waals surface area contributed by atoms with Gasteiger partial charge in [-0.2, -0.15) is 0 Å². The van der Waals surface area contributed by atoms with Gasteiger partial charge in [0, 0.05) is 13.2 Å². The summed E-state index contributed by atoms with van der Waals surface area (Å²) in [4.78, 5) is 22.1. The third-order valence-corrected chi connectivity index (χ3v) is 2.43. The first-order valence-electron chi connectivity index (χ1n) is 6.93. The molecule has 1 fully saturated rings. The van der Waals surface area contributed by atoms with Gasteiger partial charge >= 0.3 is 12.1 Å². The van der Waals surface area contributed by atoms with Gasteiger partial charge < -0.3 is 19.9 Å². The van der Waals surface area contributed by atoms with Crippen molar-refractivity contribution in [3.63, 3.8) is 0 Å². The van der Waals surface area contributed by atoms with Crippen LogP contribution in [0.2, 0.25) is 0 Å². The normalized spacial score (nSPS) is 16.1. The van der Waals surface area contributed by atoms with E-state index < -0.39 is 23.7 Å². The maximum Gasteiger partial charge on any atom is 0.408 e. The first-order valence-corrected chi connectivity index (χ1v) is 6.93. The van der Waals surface area contributed by atoms with Crippen molar-refractivity contribution in [3.05, 3.63) is 0 Å². The second-order valence-corrected chi connectivity index (χ2v) is 6.03. The maximum atomic E-state index is 11.3. The molecule has 0 bridgehead atoms. The first-order chi connectivity index (χ1) is 9.13. The molecule has 0 radical (unpaired) electrons. The lowest BCUT2D eigenvalue weighted by Gasteiger charge is -2.23. The SMILES string of the molecule is C1CCOC1.CC(C)C(NC(=O)OC(C)(C)C)C(=O)O. The topological polar surface area (TPSA) is 84.9 Å². The van der Waals surface area contributed by atoms with Crippen molar-refractivity contribution in [3.8, 4) is 0 Å². The van der Waals surface area contributed by atoms with Crippen LogP contribution in [0.3, 0.4) is 0 Å². The Bertz CT molecular complexity index is 298. The number of carboxylic acids is 1. The van der Waals surface area contributed by atoms with E-state index in [2.05, 4.69) is 5.32 Å². The highest BCUT2D eigenvalue weighted by Crippen LogP contribution is 2.08. The minimum atomic E-state index is -1.06. The van der Waals surface area contributed by atoms with Gasteiger partial charge in [-0.15, -0.1) is 0 Å². The number of carbonyl (C=O) groups is 2. The van der Waals surface area contributed by atoms with Crippen molar-refractivity contribution >= 4 is 12.1 Å². The zero-order valence-electron chi connectivity index (χ0n) is 13.1. The largest absolute Gasteiger partial charge is 0.480 e. The molecule has 0 aromatic rings. The molecular weight excluding hydrogens is 262 g/mol. The van der Waals surface area contributed by atoms with Crippen molar-refractivity contribution in [2.45, 2.75) is 59.1 Å². The van der Waals surface area contributed by atoms with E-state index in [-0.39, 0.29) is 5.92 Å². The summed E-state index contributed by atoms with van der Waals surface area (Å²) in [5, 5.41) is 11.1. The van der Waals surface area contributed by atoms with Gasteiger partial charge in [0.05, 0.1) is 0 Å². The van der Waals surface area contributed by atoms with Crippen LogP contribution in [-0.4, -0.2) is 42.0 Å². The van der Waals surface area contributed by atoms with Crippen LogP contribution in [-0.2, 0) is 14.3 Å². The zero-order valence-corrected chi connectivity index (χ0v) is 13.1. The summed E-state index contributed by atoms with van der Waals surface area (Å²) in [6.45, 7) is 10.6. The van der Waals surface area contributed by atoms with Gasteiger partial charge in [0.25, 0.3) is 0 Å². The van der Waals surface area contributed by atoms with Gasteiger partial charge in [0.1, 0.15) is 11.6 Å². The lowest BCUT2D eigenvalue weighted by molar-refractivity contribution is -0.140. The van der Waals surface area contributed by atoms with E-state index >= 15 is 0 Å². The Hall–Kier alpha value is -1.30. The van der Waals surface area contributed by atoms with E-state index in [1.54, 1.807) is 34.6 Å². The summed E-state index contributed by atoms with van der Waals surface area (Å²) < 4.78 is 9.90. The summed E-state index contributed by atoms with van der Waals surface area (Å²) in [6, 6.07) is -0.917. The van der Waals surface area contributed by atoms with Gasteiger partial charge in [0.2, 0.25) is 0 Å². The van der Waals surface area contributed by atoms with Crippen LogP contribution < -0.4 is 5.32 Å². The smallest absolute Gasteiger partial charge is 0.408 e. The highest BCUT2D eigenvalue weighted by atomic mass is 16.6. The third-order valence-electron chi connectivity index (χ3n) is 2.43. The van der Waals surface area contributed by atoms with Gasteiger partial charge in [-0.05, 0) is 39.5 Å². The molecule has 6 nitrogen and oxygen atoms in total. The number of carboxylic acid groups (broad SMARTS) is 1. The fraction of sp³-hybridized carbons (Fsp3) is 0.857. The van der Waals surface area contributed by atoms with Crippen LogP contribution in [0.5, 0.6) is 0 Å². The molecular formula is C14H27NO5. The number of amides is 1. The van der Waals surface area contributed by atoms with Crippen molar-refractivity contribution in [1.29, 1.82) is 0 Å². The minimum absolute atomic E-state index is 0.185. The Kier molecular flexibility index (Phi) is 8.22. The lowest BCUT2D eigenvalue weighted by atomic mass is 10.1. The van der Waals surface area contributed by atoms with Crippen LogP contribution in [0.1, 0.15) is 47.5 Å². The standard InChI is InChI=1S/C10H19NO4.C4H8O/c1-6(2)7(8(12)13)11-9(14)15-10(3,4)5;1-2-4-5-3-1/h6-7H,1-5H3,(H,11,14)(H,12,13);1-4H2. The summed E-state index contributed by atoms with van der Waals surface area (Å²) in [5.74, 6) is -1.24. The van der Waals surface area contributed by atoms with Crippen molar-refractivity contribution < 1.29 is 24.2 Å². The number of carbonyl (C=O) groups excluding carboxylic acids is 1. The molecule has 6 heteroatoms. The first kappa shape index (κ1) is 18.7. The molecule has 1 heterocycles. The quantitative estimate of drug-likeness (QED) is 0.833. The molecule has 20 heavy (non-hydrogen) atoms. The number of nitrogens with one attached hydrogen (secondary N) is 1. The second kappa shape index (κ2) is 8.79. The van der Waals surface area contributed by atoms with Crippen molar-refractivity contribution in [1.82, 2.24) is 5.32 Å². The fourth-order valence-electron chi connectivity index (χ4n) is 1.46. The van der Waals surface area contributed by atoms with Crippen LogP contribution >= 0.6 is 0 Å². The van der Waals surface area contributed by atoms with E-state index in [1.165, 1.54) is 12.8 Å². The fourth-order valence-corrected chi connectivity index (χ4v) is 1.46. The molecule has 0 spiro atoms. The Labute approximate surface area is 120 Å². The number of rotatable bonds is 3. The Morgan fingerprint density at radius 1 is 1.20 bits per heavy atom. The number of hydrogen-bond acceptors (Lipinski definition) is 4. The minimum Gasteiger partial charge on any atom is -0.480 e. The average molecular weight is 289 g/mol. The number of hydrogen-bond donors (Lipinski definition) is 2. The van der Waals surface area contributed by atoms with Crippen LogP contribution in [0.15, 0.2) is 0 Å². The van der Waals surface area contributed by atoms with E-state index in [4.69, 9.17) is 14.6 Å². The number of alkyl carbamates (subject to hydrolysis) is 1. The van der Waals surface area contributed by atoms with Crippen LogP contribution in [0.4, 0.5) is 4.79 Å². The highest BCUT2D eigenvalue weighted by Gasteiger charge is 2.26. The molecule has 1 atom stereocenters. The van der Waals surface area contributed by atoms with Crippen molar-refractivity contribution in [2.75, 3.05) is 13.2 Å². The lowest BCUT2D eigenvalue weighted by Crippen LogP contribution is -2.46.